The zero-order chi connectivity index (χ0) is 16.5. The summed E-state index contributed by atoms with van der Waals surface area (Å²) in [5.41, 5.74) is 6.63. The Balaban J connectivity index is 2.40. The smallest absolute Gasteiger partial charge is 0.328 e. The maximum Gasteiger partial charge on any atom is 0.328 e. The maximum absolute atomic E-state index is 12.3. The van der Waals surface area contributed by atoms with Gasteiger partial charge in [0.05, 0.1) is 11.9 Å². The van der Waals surface area contributed by atoms with E-state index in [1.165, 1.54) is 0 Å². The summed E-state index contributed by atoms with van der Waals surface area (Å²) in [6, 6.07) is 7.59. The van der Waals surface area contributed by atoms with Gasteiger partial charge in [0, 0.05) is 11.7 Å². The lowest BCUT2D eigenvalue weighted by atomic mass is 10.0. The first-order valence-electron chi connectivity index (χ1n) is 7.59. The molecule has 0 amide bonds. The fourth-order valence-corrected chi connectivity index (χ4v) is 4.88. The SMILES string of the molecule is CCOC(=O)[C@@]1(N)[C@H](c2ccc(CC)cc2)[C@@H]1S(=O)(=O)CC. The lowest BCUT2D eigenvalue weighted by Gasteiger charge is -2.11. The quantitative estimate of drug-likeness (QED) is 0.799. The second kappa shape index (κ2) is 6.01. The molecule has 0 heterocycles. The Bertz CT molecular complexity index is 653. The largest absolute Gasteiger partial charge is 0.465 e. The van der Waals surface area contributed by atoms with Gasteiger partial charge >= 0.3 is 5.97 Å². The van der Waals surface area contributed by atoms with Gasteiger partial charge in [0.2, 0.25) is 0 Å². The molecule has 22 heavy (non-hydrogen) atoms. The van der Waals surface area contributed by atoms with Gasteiger partial charge in [-0.1, -0.05) is 38.1 Å². The minimum atomic E-state index is -3.43. The second-order valence-electron chi connectivity index (χ2n) is 5.60. The standard InChI is InChI=1S/C16H23NO4S/c1-4-11-7-9-12(10-8-11)13-14(22(19,20)6-3)16(13,17)15(18)21-5-2/h7-10,13-14H,4-6,17H2,1-3H3/t13-,14+,16-/m1/s1. The minimum absolute atomic E-state index is 0.0421. The summed E-state index contributed by atoms with van der Waals surface area (Å²) in [5.74, 6) is -1.22. The van der Waals surface area contributed by atoms with E-state index in [-0.39, 0.29) is 12.4 Å². The van der Waals surface area contributed by atoms with E-state index in [1.54, 1.807) is 13.8 Å². The van der Waals surface area contributed by atoms with Gasteiger partial charge in [-0.15, -0.1) is 0 Å². The van der Waals surface area contributed by atoms with Gasteiger partial charge in [-0.05, 0) is 24.5 Å². The van der Waals surface area contributed by atoms with E-state index in [2.05, 4.69) is 0 Å². The third-order valence-electron chi connectivity index (χ3n) is 4.34. The lowest BCUT2D eigenvalue weighted by molar-refractivity contribution is -0.145. The van der Waals surface area contributed by atoms with Crippen molar-refractivity contribution >= 4 is 15.8 Å². The molecule has 0 unspecified atom stereocenters. The highest BCUT2D eigenvalue weighted by Crippen LogP contribution is 2.55. The predicted octanol–water partition coefficient (Wildman–Crippen LogP) is 1.41. The van der Waals surface area contributed by atoms with Crippen molar-refractivity contribution in [2.45, 2.75) is 43.9 Å². The third kappa shape index (κ3) is 2.65. The highest BCUT2D eigenvalue weighted by Gasteiger charge is 2.74. The van der Waals surface area contributed by atoms with E-state index < -0.39 is 32.5 Å². The number of ether oxygens (including phenoxy) is 1. The second-order valence-corrected chi connectivity index (χ2v) is 8.01. The molecule has 6 heteroatoms. The third-order valence-corrected chi connectivity index (χ3v) is 6.59. The van der Waals surface area contributed by atoms with E-state index in [4.69, 9.17) is 10.5 Å². The van der Waals surface area contributed by atoms with Gasteiger partial charge in [0.15, 0.2) is 9.84 Å². The Morgan fingerprint density at radius 2 is 1.82 bits per heavy atom. The fraction of sp³-hybridized carbons (Fsp3) is 0.562. The maximum atomic E-state index is 12.3. The number of sulfone groups is 1. The van der Waals surface area contributed by atoms with Crippen LogP contribution in [0.5, 0.6) is 0 Å². The summed E-state index contributed by atoms with van der Waals surface area (Å²) in [6.45, 7) is 5.47. The summed E-state index contributed by atoms with van der Waals surface area (Å²) in [5, 5.41) is -0.906. The van der Waals surface area contributed by atoms with E-state index in [0.717, 1.165) is 17.5 Å². The van der Waals surface area contributed by atoms with Crippen LogP contribution in [0.4, 0.5) is 0 Å². The van der Waals surface area contributed by atoms with Crippen molar-refractivity contribution in [1.82, 2.24) is 0 Å². The normalized spacial score (nSPS) is 27.5. The van der Waals surface area contributed by atoms with Crippen molar-refractivity contribution < 1.29 is 17.9 Å². The first-order valence-corrected chi connectivity index (χ1v) is 9.30. The molecule has 122 valence electrons. The number of carbonyl (C=O) groups is 1. The Morgan fingerprint density at radius 1 is 1.23 bits per heavy atom. The molecule has 1 fully saturated rings. The number of rotatable bonds is 6. The summed E-state index contributed by atoms with van der Waals surface area (Å²) in [7, 11) is -3.43. The highest BCUT2D eigenvalue weighted by molar-refractivity contribution is 7.92. The molecule has 0 aromatic heterocycles. The molecule has 2 rings (SSSR count). The topological polar surface area (TPSA) is 86.5 Å². The summed E-state index contributed by atoms with van der Waals surface area (Å²) in [6.07, 6.45) is 0.896. The predicted molar refractivity (Wildman–Crippen MR) is 85.4 cm³/mol. The zero-order valence-electron chi connectivity index (χ0n) is 13.2. The number of aryl methyl sites for hydroxylation is 1. The van der Waals surface area contributed by atoms with Crippen molar-refractivity contribution in [3.63, 3.8) is 0 Å². The van der Waals surface area contributed by atoms with E-state index >= 15 is 0 Å². The molecule has 1 aliphatic carbocycles. The van der Waals surface area contributed by atoms with Crippen LogP contribution < -0.4 is 5.73 Å². The molecule has 1 aromatic rings. The van der Waals surface area contributed by atoms with Crippen LogP contribution in [0.2, 0.25) is 0 Å². The number of nitrogens with two attached hydrogens (primary N) is 1. The molecule has 0 bridgehead atoms. The van der Waals surface area contributed by atoms with Gasteiger partial charge in [-0.3, -0.25) is 0 Å². The Labute approximate surface area is 131 Å². The molecule has 5 nitrogen and oxygen atoms in total. The van der Waals surface area contributed by atoms with Gasteiger partial charge in [0.1, 0.15) is 5.54 Å². The lowest BCUT2D eigenvalue weighted by Crippen LogP contribution is -2.41. The molecule has 3 atom stereocenters. The van der Waals surface area contributed by atoms with Crippen molar-refractivity contribution in [2.24, 2.45) is 5.73 Å². The molecule has 0 aliphatic heterocycles. The van der Waals surface area contributed by atoms with Crippen molar-refractivity contribution in [3.05, 3.63) is 35.4 Å². The average Bonchev–Trinajstić information content (AvgIpc) is 3.16. The fourth-order valence-electron chi connectivity index (χ4n) is 2.97. The van der Waals surface area contributed by atoms with Gasteiger partial charge in [0.25, 0.3) is 0 Å². The molecule has 0 saturated heterocycles. The Morgan fingerprint density at radius 3 is 2.27 bits per heavy atom. The molecule has 1 aromatic carbocycles. The molecule has 1 saturated carbocycles. The molecular weight excluding hydrogens is 302 g/mol. The average molecular weight is 325 g/mol. The summed E-state index contributed by atoms with van der Waals surface area (Å²) < 4.78 is 29.6. The monoisotopic (exact) mass is 325 g/mol. The molecular formula is C16H23NO4S. The van der Waals surface area contributed by atoms with E-state index in [1.807, 2.05) is 31.2 Å². The first kappa shape index (κ1) is 17.0. The zero-order valence-corrected chi connectivity index (χ0v) is 14.0. The first-order chi connectivity index (χ1) is 10.3. The number of esters is 1. The van der Waals surface area contributed by atoms with Crippen LogP contribution >= 0.6 is 0 Å². The van der Waals surface area contributed by atoms with E-state index in [9.17, 15) is 13.2 Å². The minimum Gasteiger partial charge on any atom is -0.465 e. The van der Waals surface area contributed by atoms with Crippen LogP contribution in [0.1, 0.15) is 37.8 Å². The summed E-state index contributed by atoms with van der Waals surface area (Å²) >= 11 is 0. The van der Waals surface area contributed by atoms with E-state index in [0.29, 0.717) is 0 Å². The van der Waals surface area contributed by atoms with Crippen LogP contribution in [-0.4, -0.2) is 37.5 Å². The van der Waals surface area contributed by atoms with Crippen LogP contribution in [0.25, 0.3) is 0 Å². The molecule has 1 aliphatic rings. The van der Waals surface area contributed by atoms with Crippen molar-refractivity contribution in [1.29, 1.82) is 0 Å². The van der Waals surface area contributed by atoms with Gasteiger partial charge < -0.3 is 10.5 Å². The van der Waals surface area contributed by atoms with Crippen molar-refractivity contribution in [3.8, 4) is 0 Å². The number of carbonyl (C=O) groups excluding carboxylic acids is 1. The van der Waals surface area contributed by atoms with Gasteiger partial charge in [-0.25, -0.2) is 13.2 Å². The van der Waals surface area contributed by atoms with Gasteiger partial charge in [-0.2, -0.15) is 0 Å². The summed E-state index contributed by atoms with van der Waals surface area (Å²) in [4.78, 5) is 12.2. The number of hydrogen-bond acceptors (Lipinski definition) is 5. The Kier molecular flexibility index (Phi) is 4.63. The molecule has 0 spiro atoms. The highest BCUT2D eigenvalue weighted by atomic mass is 32.2. The van der Waals surface area contributed by atoms with Crippen LogP contribution in [0.15, 0.2) is 24.3 Å². The van der Waals surface area contributed by atoms with Crippen LogP contribution in [0, 0.1) is 0 Å². The molecule has 0 radical (unpaired) electrons. The van der Waals surface area contributed by atoms with Crippen LogP contribution in [0.3, 0.4) is 0 Å². The van der Waals surface area contributed by atoms with Crippen LogP contribution in [-0.2, 0) is 25.8 Å². The Hall–Kier alpha value is -1.40. The molecule has 2 N–H and O–H groups in total. The number of benzene rings is 1. The number of hydrogen-bond donors (Lipinski definition) is 1. The van der Waals surface area contributed by atoms with Crippen molar-refractivity contribution in [2.75, 3.05) is 12.4 Å².